The minimum absolute atomic E-state index is 0.000814. The summed E-state index contributed by atoms with van der Waals surface area (Å²) in [7, 11) is 1.53. The van der Waals surface area contributed by atoms with Crippen molar-refractivity contribution in [2.75, 3.05) is 20.1 Å². The maximum atomic E-state index is 12.2. The quantitative estimate of drug-likeness (QED) is 0.770. The highest BCUT2D eigenvalue weighted by Crippen LogP contribution is 2.20. The van der Waals surface area contributed by atoms with Crippen molar-refractivity contribution in [3.05, 3.63) is 34.4 Å². The Kier molecular flexibility index (Phi) is 5.34. The summed E-state index contributed by atoms with van der Waals surface area (Å²) in [6.45, 7) is 5.48. The molecule has 0 aliphatic carbocycles. The van der Waals surface area contributed by atoms with Crippen LogP contribution in [0.4, 0.5) is 13.2 Å². The number of likely N-dealkylation sites (N-methyl/N-ethyl adjacent to an activating group) is 1. The van der Waals surface area contributed by atoms with Crippen molar-refractivity contribution in [3.63, 3.8) is 0 Å². The summed E-state index contributed by atoms with van der Waals surface area (Å²) in [5.74, 6) is -0.135. The second kappa shape index (κ2) is 6.39. The third-order valence-electron chi connectivity index (χ3n) is 3.15. The third kappa shape index (κ3) is 4.96. The number of rotatable bonds is 5. The summed E-state index contributed by atoms with van der Waals surface area (Å²) in [4.78, 5) is 13.6. The third-order valence-corrected chi connectivity index (χ3v) is 3.15. The van der Waals surface area contributed by atoms with E-state index in [0.29, 0.717) is 5.56 Å². The number of nitrogens with zero attached hydrogens (tertiary/aromatic N) is 1. The van der Waals surface area contributed by atoms with Gasteiger partial charge >= 0.3 is 6.18 Å². The summed E-state index contributed by atoms with van der Waals surface area (Å²) in [6.07, 6.45) is -5.09. The van der Waals surface area contributed by atoms with Gasteiger partial charge in [0.1, 0.15) is 0 Å². The first-order valence-electron chi connectivity index (χ1n) is 6.46. The van der Waals surface area contributed by atoms with Crippen LogP contribution in [0.3, 0.4) is 0 Å². The maximum Gasteiger partial charge on any atom is 0.390 e. The molecule has 0 spiro atoms. The zero-order valence-electron chi connectivity index (χ0n) is 12.3. The van der Waals surface area contributed by atoms with Gasteiger partial charge in [-0.05, 0) is 38.9 Å². The minimum atomic E-state index is -4.19. The molecule has 0 fully saturated rings. The van der Waals surface area contributed by atoms with Gasteiger partial charge in [-0.25, -0.2) is 0 Å². The van der Waals surface area contributed by atoms with E-state index >= 15 is 0 Å². The van der Waals surface area contributed by atoms with Crippen LogP contribution in [0.15, 0.2) is 12.1 Å². The van der Waals surface area contributed by atoms with E-state index in [-0.39, 0.29) is 18.9 Å². The monoisotopic (exact) mass is 287 g/mol. The van der Waals surface area contributed by atoms with E-state index in [1.807, 2.05) is 32.9 Å². The van der Waals surface area contributed by atoms with E-state index in [1.54, 1.807) is 0 Å². The fraction of sp³-hybridized carbons (Fsp3) is 0.533. The minimum Gasteiger partial charge on any atom is -0.299 e. The molecular weight excluding hydrogens is 267 g/mol. The number of Topliss-reactive ketones (excluding diaryl/α,β-unsaturated/α-hetero) is 1. The predicted octanol–water partition coefficient (Wildman–Crippen LogP) is 3.68. The van der Waals surface area contributed by atoms with Crippen LogP contribution < -0.4 is 0 Å². The van der Waals surface area contributed by atoms with Gasteiger partial charge in [0.15, 0.2) is 5.78 Å². The Balaban J connectivity index is 2.72. The molecule has 1 rings (SSSR count). The van der Waals surface area contributed by atoms with E-state index in [4.69, 9.17) is 0 Å². The van der Waals surface area contributed by atoms with Gasteiger partial charge in [0.05, 0.1) is 13.0 Å². The van der Waals surface area contributed by atoms with E-state index in [2.05, 4.69) is 0 Å². The molecule has 0 unspecified atom stereocenters. The molecule has 0 aliphatic rings. The SMILES string of the molecule is Cc1cc(C)c(C(=O)CN(C)CCC(F)(F)F)c(C)c1. The van der Waals surface area contributed by atoms with Crippen molar-refractivity contribution in [2.45, 2.75) is 33.4 Å². The zero-order valence-corrected chi connectivity index (χ0v) is 12.3. The first-order valence-corrected chi connectivity index (χ1v) is 6.46. The molecule has 20 heavy (non-hydrogen) atoms. The number of hydrogen-bond donors (Lipinski definition) is 0. The first kappa shape index (κ1) is 16.7. The molecule has 0 aliphatic heterocycles. The Morgan fingerprint density at radius 3 is 2.10 bits per heavy atom. The lowest BCUT2D eigenvalue weighted by Gasteiger charge is -2.18. The number of carbonyl (C=O) groups excluding carboxylic acids is 1. The fourth-order valence-corrected chi connectivity index (χ4v) is 2.34. The van der Waals surface area contributed by atoms with E-state index in [1.165, 1.54) is 11.9 Å². The Morgan fingerprint density at radius 1 is 1.15 bits per heavy atom. The Labute approximate surface area is 117 Å². The lowest BCUT2D eigenvalue weighted by atomic mass is 9.96. The van der Waals surface area contributed by atoms with Crippen molar-refractivity contribution in [2.24, 2.45) is 0 Å². The molecule has 2 nitrogen and oxygen atoms in total. The highest BCUT2D eigenvalue weighted by molar-refractivity contribution is 6.00. The van der Waals surface area contributed by atoms with Crippen LogP contribution in [-0.4, -0.2) is 37.0 Å². The van der Waals surface area contributed by atoms with Crippen molar-refractivity contribution in [1.82, 2.24) is 4.90 Å². The Morgan fingerprint density at radius 2 is 1.65 bits per heavy atom. The van der Waals surface area contributed by atoms with Crippen LogP contribution in [0.2, 0.25) is 0 Å². The van der Waals surface area contributed by atoms with Crippen LogP contribution in [0.1, 0.15) is 33.5 Å². The van der Waals surface area contributed by atoms with Gasteiger partial charge < -0.3 is 0 Å². The molecule has 0 heterocycles. The van der Waals surface area contributed by atoms with Crippen molar-refractivity contribution in [1.29, 1.82) is 0 Å². The molecule has 112 valence electrons. The predicted molar refractivity (Wildman–Crippen MR) is 73.2 cm³/mol. The molecule has 0 radical (unpaired) electrons. The molecule has 1 aromatic rings. The summed E-state index contributed by atoms with van der Waals surface area (Å²) in [5, 5.41) is 0. The first-order chi connectivity index (χ1) is 9.10. The fourth-order valence-electron chi connectivity index (χ4n) is 2.34. The van der Waals surface area contributed by atoms with Crippen molar-refractivity contribution >= 4 is 5.78 Å². The van der Waals surface area contributed by atoms with Crippen LogP contribution in [0.5, 0.6) is 0 Å². The van der Waals surface area contributed by atoms with Gasteiger partial charge in [-0.3, -0.25) is 9.69 Å². The molecule has 0 N–H and O–H groups in total. The van der Waals surface area contributed by atoms with Gasteiger partial charge in [-0.2, -0.15) is 13.2 Å². The largest absolute Gasteiger partial charge is 0.390 e. The van der Waals surface area contributed by atoms with Gasteiger partial charge in [-0.1, -0.05) is 17.7 Å². The molecule has 0 bridgehead atoms. The number of carbonyl (C=O) groups is 1. The molecule has 0 aromatic heterocycles. The topological polar surface area (TPSA) is 20.3 Å². The highest BCUT2D eigenvalue weighted by atomic mass is 19.4. The van der Waals surface area contributed by atoms with Crippen molar-refractivity contribution in [3.8, 4) is 0 Å². The number of hydrogen-bond acceptors (Lipinski definition) is 2. The van der Waals surface area contributed by atoms with E-state index in [9.17, 15) is 18.0 Å². The Hall–Kier alpha value is -1.36. The molecular formula is C15H20F3NO. The molecule has 0 atom stereocenters. The van der Waals surface area contributed by atoms with Crippen LogP contribution >= 0.6 is 0 Å². The Bertz CT molecular complexity index is 471. The van der Waals surface area contributed by atoms with Crippen LogP contribution in [-0.2, 0) is 0 Å². The summed E-state index contributed by atoms with van der Waals surface area (Å²) in [5.41, 5.74) is 3.44. The second-order valence-corrected chi connectivity index (χ2v) is 5.30. The second-order valence-electron chi connectivity index (χ2n) is 5.30. The number of ketones is 1. The van der Waals surface area contributed by atoms with Crippen molar-refractivity contribution < 1.29 is 18.0 Å². The van der Waals surface area contributed by atoms with Crippen LogP contribution in [0.25, 0.3) is 0 Å². The molecule has 5 heteroatoms. The molecule has 0 saturated carbocycles. The number of aryl methyl sites for hydroxylation is 3. The standard InChI is InChI=1S/C15H20F3NO/c1-10-7-11(2)14(12(3)8-10)13(20)9-19(4)6-5-15(16,17)18/h7-8H,5-6,9H2,1-4H3. The average molecular weight is 287 g/mol. The summed E-state index contributed by atoms with van der Waals surface area (Å²) in [6, 6.07) is 3.83. The average Bonchev–Trinajstić information content (AvgIpc) is 2.23. The van der Waals surface area contributed by atoms with Gasteiger partial charge in [0, 0.05) is 12.1 Å². The summed E-state index contributed by atoms with van der Waals surface area (Å²) < 4.78 is 36.4. The van der Waals surface area contributed by atoms with Gasteiger partial charge in [0.25, 0.3) is 0 Å². The normalized spacial score (nSPS) is 12.0. The number of benzene rings is 1. The molecule has 0 amide bonds. The number of halogens is 3. The highest BCUT2D eigenvalue weighted by Gasteiger charge is 2.27. The molecule has 0 saturated heterocycles. The summed E-state index contributed by atoms with van der Waals surface area (Å²) >= 11 is 0. The maximum absolute atomic E-state index is 12.2. The smallest absolute Gasteiger partial charge is 0.299 e. The van der Waals surface area contributed by atoms with Crippen LogP contribution in [0, 0.1) is 20.8 Å². The van der Waals surface area contributed by atoms with Gasteiger partial charge in [-0.15, -0.1) is 0 Å². The lowest BCUT2D eigenvalue weighted by molar-refractivity contribution is -0.137. The lowest BCUT2D eigenvalue weighted by Crippen LogP contribution is -2.30. The number of alkyl halides is 3. The molecule has 1 aromatic carbocycles. The van der Waals surface area contributed by atoms with E-state index in [0.717, 1.165) is 16.7 Å². The van der Waals surface area contributed by atoms with E-state index < -0.39 is 12.6 Å². The zero-order chi connectivity index (χ0) is 15.5. The van der Waals surface area contributed by atoms with Gasteiger partial charge in [0.2, 0.25) is 0 Å².